The molecular weight excluding hydrogens is 164 g/mol. The third-order valence-electron chi connectivity index (χ3n) is 2.71. The van der Waals surface area contributed by atoms with Gasteiger partial charge in [0.25, 0.3) is 0 Å². The summed E-state index contributed by atoms with van der Waals surface area (Å²) in [5, 5.41) is 18.2. The number of aliphatic hydroxyl groups is 2. The van der Waals surface area contributed by atoms with E-state index in [1.807, 2.05) is 0 Å². The second-order valence-electron chi connectivity index (χ2n) is 3.79. The zero-order chi connectivity index (χ0) is 10.1. The van der Waals surface area contributed by atoms with Gasteiger partial charge in [-0.1, -0.05) is 26.7 Å². The van der Waals surface area contributed by atoms with Crippen molar-refractivity contribution in [2.75, 3.05) is 6.61 Å². The summed E-state index contributed by atoms with van der Waals surface area (Å²) in [5.74, 6) is 0.670. The highest BCUT2D eigenvalue weighted by Gasteiger charge is 2.10. The lowest BCUT2D eigenvalue weighted by Crippen LogP contribution is -2.12. The van der Waals surface area contributed by atoms with Gasteiger partial charge in [0.2, 0.25) is 0 Å². The maximum atomic E-state index is 9.63. The molecule has 0 radical (unpaired) electrons. The summed E-state index contributed by atoms with van der Waals surface area (Å²) < 4.78 is 0. The molecular formula is C11H24O2. The van der Waals surface area contributed by atoms with Gasteiger partial charge in [-0.05, 0) is 31.6 Å². The van der Waals surface area contributed by atoms with Gasteiger partial charge in [-0.3, -0.25) is 0 Å². The van der Waals surface area contributed by atoms with E-state index < -0.39 is 0 Å². The molecule has 0 aliphatic rings. The van der Waals surface area contributed by atoms with E-state index >= 15 is 0 Å². The summed E-state index contributed by atoms with van der Waals surface area (Å²) in [6.07, 6.45) is 5.70. The molecule has 2 N–H and O–H groups in total. The van der Waals surface area contributed by atoms with Crippen molar-refractivity contribution in [3.05, 3.63) is 0 Å². The van der Waals surface area contributed by atoms with E-state index in [2.05, 4.69) is 13.8 Å². The maximum absolute atomic E-state index is 9.63. The van der Waals surface area contributed by atoms with Crippen LogP contribution in [-0.2, 0) is 0 Å². The van der Waals surface area contributed by atoms with E-state index in [0.717, 1.165) is 38.5 Å². The highest BCUT2D eigenvalue weighted by Crippen LogP contribution is 2.17. The first kappa shape index (κ1) is 12.9. The molecule has 0 saturated carbocycles. The van der Waals surface area contributed by atoms with E-state index in [-0.39, 0.29) is 12.7 Å². The van der Waals surface area contributed by atoms with Crippen LogP contribution in [0.1, 0.15) is 52.4 Å². The lowest BCUT2D eigenvalue weighted by atomic mass is 9.94. The van der Waals surface area contributed by atoms with Crippen molar-refractivity contribution in [3.63, 3.8) is 0 Å². The SMILES string of the molecule is CCC(CC)CC(O)CCCCO. The Kier molecular flexibility index (Phi) is 8.46. The molecule has 2 heteroatoms. The van der Waals surface area contributed by atoms with E-state index in [1.54, 1.807) is 0 Å². The number of unbranched alkanes of at least 4 members (excludes halogenated alkanes) is 1. The number of hydrogen-bond acceptors (Lipinski definition) is 2. The van der Waals surface area contributed by atoms with Gasteiger partial charge in [0.15, 0.2) is 0 Å². The monoisotopic (exact) mass is 188 g/mol. The van der Waals surface area contributed by atoms with E-state index in [9.17, 15) is 5.11 Å². The predicted octanol–water partition coefficient (Wildman–Crippen LogP) is 2.34. The minimum absolute atomic E-state index is 0.156. The van der Waals surface area contributed by atoms with Crippen molar-refractivity contribution in [2.24, 2.45) is 5.92 Å². The first-order valence-corrected chi connectivity index (χ1v) is 5.53. The molecule has 0 aliphatic carbocycles. The van der Waals surface area contributed by atoms with Crippen LogP contribution in [0.4, 0.5) is 0 Å². The van der Waals surface area contributed by atoms with Crippen LogP contribution < -0.4 is 0 Å². The molecule has 0 bridgehead atoms. The second-order valence-corrected chi connectivity index (χ2v) is 3.79. The first-order chi connectivity index (χ1) is 6.24. The molecule has 0 spiro atoms. The maximum Gasteiger partial charge on any atom is 0.0542 e. The Balaban J connectivity index is 3.42. The van der Waals surface area contributed by atoms with Crippen LogP contribution in [0.3, 0.4) is 0 Å². The zero-order valence-corrected chi connectivity index (χ0v) is 9.00. The van der Waals surface area contributed by atoms with Crippen molar-refractivity contribution in [2.45, 2.75) is 58.5 Å². The minimum atomic E-state index is -0.156. The van der Waals surface area contributed by atoms with Crippen LogP contribution in [0.2, 0.25) is 0 Å². The van der Waals surface area contributed by atoms with E-state index in [0.29, 0.717) is 5.92 Å². The van der Waals surface area contributed by atoms with E-state index in [1.165, 1.54) is 0 Å². The fourth-order valence-electron chi connectivity index (χ4n) is 1.62. The Bertz CT molecular complexity index is 100. The molecule has 1 atom stereocenters. The van der Waals surface area contributed by atoms with Crippen molar-refractivity contribution < 1.29 is 10.2 Å². The highest BCUT2D eigenvalue weighted by molar-refractivity contribution is 4.63. The van der Waals surface area contributed by atoms with Gasteiger partial charge in [-0.2, -0.15) is 0 Å². The minimum Gasteiger partial charge on any atom is -0.396 e. The average molecular weight is 188 g/mol. The van der Waals surface area contributed by atoms with Gasteiger partial charge in [0.1, 0.15) is 0 Å². The molecule has 1 unspecified atom stereocenters. The Hall–Kier alpha value is -0.0800. The molecule has 13 heavy (non-hydrogen) atoms. The highest BCUT2D eigenvalue weighted by atomic mass is 16.3. The van der Waals surface area contributed by atoms with Crippen molar-refractivity contribution >= 4 is 0 Å². The van der Waals surface area contributed by atoms with Gasteiger partial charge in [0.05, 0.1) is 6.10 Å². The molecule has 2 nitrogen and oxygen atoms in total. The topological polar surface area (TPSA) is 40.5 Å². The van der Waals surface area contributed by atoms with Crippen LogP contribution in [-0.4, -0.2) is 22.9 Å². The van der Waals surface area contributed by atoms with Crippen LogP contribution >= 0.6 is 0 Å². The fourth-order valence-corrected chi connectivity index (χ4v) is 1.62. The number of rotatable bonds is 8. The Morgan fingerprint density at radius 2 is 1.69 bits per heavy atom. The molecule has 0 saturated heterocycles. The van der Waals surface area contributed by atoms with Gasteiger partial charge >= 0.3 is 0 Å². The molecule has 0 amide bonds. The molecule has 0 fully saturated rings. The molecule has 0 aromatic heterocycles. The number of hydrogen-bond donors (Lipinski definition) is 2. The van der Waals surface area contributed by atoms with Crippen LogP contribution in [0, 0.1) is 5.92 Å². The molecule has 80 valence electrons. The van der Waals surface area contributed by atoms with Crippen LogP contribution in [0.25, 0.3) is 0 Å². The Morgan fingerprint density at radius 3 is 2.15 bits per heavy atom. The quantitative estimate of drug-likeness (QED) is 0.574. The molecule has 0 aliphatic heterocycles. The zero-order valence-electron chi connectivity index (χ0n) is 9.00. The summed E-state index contributed by atoms with van der Waals surface area (Å²) in [7, 11) is 0. The summed E-state index contributed by atoms with van der Waals surface area (Å²) in [5.41, 5.74) is 0. The van der Waals surface area contributed by atoms with E-state index in [4.69, 9.17) is 5.11 Å². The average Bonchev–Trinajstić information content (AvgIpc) is 2.14. The Labute approximate surface area is 82.0 Å². The van der Waals surface area contributed by atoms with Crippen LogP contribution in [0.5, 0.6) is 0 Å². The molecule has 0 aromatic carbocycles. The molecule has 0 aromatic rings. The smallest absolute Gasteiger partial charge is 0.0542 e. The normalized spacial score (nSPS) is 13.6. The molecule has 0 rings (SSSR count). The second kappa shape index (κ2) is 8.52. The lowest BCUT2D eigenvalue weighted by molar-refractivity contribution is 0.125. The van der Waals surface area contributed by atoms with Gasteiger partial charge in [-0.15, -0.1) is 0 Å². The number of aliphatic hydroxyl groups excluding tert-OH is 2. The van der Waals surface area contributed by atoms with Crippen molar-refractivity contribution in [1.82, 2.24) is 0 Å². The van der Waals surface area contributed by atoms with Gasteiger partial charge in [0, 0.05) is 6.61 Å². The van der Waals surface area contributed by atoms with Gasteiger partial charge in [-0.25, -0.2) is 0 Å². The fraction of sp³-hybridized carbons (Fsp3) is 1.00. The largest absolute Gasteiger partial charge is 0.396 e. The van der Waals surface area contributed by atoms with Crippen LogP contribution in [0.15, 0.2) is 0 Å². The third-order valence-corrected chi connectivity index (χ3v) is 2.71. The summed E-state index contributed by atoms with van der Waals surface area (Å²) in [6.45, 7) is 4.60. The predicted molar refractivity (Wildman–Crippen MR) is 55.6 cm³/mol. The Morgan fingerprint density at radius 1 is 1.08 bits per heavy atom. The first-order valence-electron chi connectivity index (χ1n) is 5.53. The van der Waals surface area contributed by atoms with Crippen molar-refractivity contribution in [1.29, 1.82) is 0 Å². The van der Waals surface area contributed by atoms with Crippen molar-refractivity contribution in [3.8, 4) is 0 Å². The standard InChI is InChI=1S/C11H24O2/c1-3-10(4-2)9-11(13)7-5-6-8-12/h10-13H,3-9H2,1-2H3. The summed E-state index contributed by atoms with van der Waals surface area (Å²) in [4.78, 5) is 0. The third kappa shape index (κ3) is 7.03. The lowest BCUT2D eigenvalue weighted by Gasteiger charge is -2.16. The summed E-state index contributed by atoms with van der Waals surface area (Å²) >= 11 is 0. The van der Waals surface area contributed by atoms with Gasteiger partial charge < -0.3 is 10.2 Å². The molecule has 0 heterocycles. The summed E-state index contributed by atoms with van der Waals surface area (Å²) in [6, 6.07) is 0.